The third kappa shape index (κ3) is 3.72. The summed E-state index contributed by atoms with van der Waals surface area (Å²) >= 11 is 0. The van der Waals surface area contributed by atoms with Gasteiger partial charge in [0.2, 0.25) is 0 Å². The number of carbonyl (C=O) groups excluding carboxylic acids is 1. The Labute approximate surface area is 154 Å². The summed E-state index contributed by atoms with van der Waals surface area (Å²) in [7, 11) is 1.59. The number of ketones is 1. The van der Waals surface area contributed by atoms with Crippen LogP contribution in [0.4, 0.5) is 0 Å². The van der Waals surface area contributed by atoms with E-state index in [0.29, 0.717) is 16.9 Å². The molecule has 0 radical (unpaired) electrons. The van der Waals surface area contributed by atoms with E-state index in [0.717, 1.165) is 28.9 Å². The summed E-state index contributed by atoms with van der Waals surface area (Å²) in [5.41, 5.74) is 5.00. The fourth-order valence-electron chi connectivity index (χ4n) is 2.70. The van der Waals surface area contributed by atoms with E-state index in [1.165, 1.54) is 0 Å². The molecule has 0 atom stereocenters. The Morgan fingerprint density at radius 3 is 2.42 bits per heavy atom. The number of allylic oxidation sites excluding steroid dienone is 1. The van der Waals surface area contributed by atoms with E-state index in [-0.39, 0.29) is 5.78 Å². The first kappa shape index (κ1) is 17.6. The molecule has 0 saturated heterocycles. The van der Waals surface area contributed by atoms with Crippen LogP contribution in [0.25, 0.3) is 16.8 Å². The first-order chi connectivity index (χ1) is 12.6. The second-order valence-electron chi connectivity index (χ2n) is 6.00. The van der Waals surface area contributed by atoms with Crippen LogP contribution in [0.5, 0.6) is 5.75 Å². The van der Waals surface area contributed by atoms with Crippen molar-refractivity contribution >= 4 is 11.4 Å². The lowest BCUT2D eigenvalue weighted by Crippen LogP contribution is -2.01. The van der Waals surface area contributed by atoms with E-state index < -0.39 is 0 Å². The quantitative estimate of drug-likeness (QED) is 0.562. The van der Waals surface area contributed by atoms with Gasteiger partial charge in [0.1, 0.15) is 5.75 Å². The van der Waals surface area contributed by atoms with Crippen molar-refractivity contribution in [2.75, 3.05) is 7.11 Å². The summed E-state index contributed by atoms with van der Waals surface area (Å²) in [6.45, 7) is 6.11. The standard InChI is InChI=1S/C23H21NO2/c1-4-16(2)21-9-6-10-22(24-21)17-11-13-18(14-12-17)23(25)19-7-5-8-20(15-19)26-3/h5-15H,2,4H2,1,3H3. The van der Waals surface area contributed by atoms with Gasteiger partial charge in [-0.3, -0.25) is 4.79 Å². The summed E-state index contributed by atoms with van der Waals surface area (Å²) in [5.74, 6) is 0.640. The zero-order valence-corrected chi connectivity index (χ0v) is 15.0. The van der Waals surface area contributed by atoms with Gasteiger partial charge in [0.05, 0.1) is 18.5 Å². The highest BCUT2D eigenvalue weighted by Crippen LogP contribution is 2.23. The summed E-state index contributed by atoms with van der Waals surface area (Å²) in [6, 6.07) is 20.6. The summed E-state index contributed by atoms with van der Waals surface area (Å²) in [4.78, 5) is 17.3. The lowest BCUT2D eigenvalue weighted by Gasteiger charge is -2.07. The molecule has 26 heavy (non-hydrogen) atoms. The largest absolute Gasteiger partial charge is 0.497 e. The van der Waals surface area contributed by atoms with E-state index in [2.05, 4.69) is 18.5 Å². The van der Waals surface area contributed by atoms with Crippen LogP contribution in [0.15, 0.2) is 73.3 Å². The summed E-state index contributed by atoms with van der Waals surface area (Å²) < 4.78 is 5.19. The van der Waals surface area contributed by atoms with Crippen LogP contribution >= 0.6 is 0 Å². The van der Waals surface area contributed by atoms with Crippen LogP contribution in [-0.2, 0) is 0 Å². The average Bonchev–Trinajstić information content (AvgIpc) is 2.72. The minimum absolute atomic E-state index is 0.0310. The molecule has 1 aromatic heterocycles. The molecule has 0 amide bonds. The highest BCUT2D eigenvalue weighted by molar-refractivity contribution is 6.09. The van der Waals surface area contributed by atoms with Gasteiger partial charge < -0.3 is 4.74 Å². The maximum Gasteiger partial charge on any atom is 0.193 e. The number of hydrogen-bond acceptors (Lipinski definition) is 3. The molecule has 3 aromatic rings. The molecular weight excluding hydrogens is 322 g/mol. The smallest absolute Gasteiger partial charge is 0.193 e. The average molecular weight is 343 g/mol. The fourth-order valence-corrected chi connectivity index (χ4v) is 2.70. The maximum atomic E-state index is 12.7. The normalized spacial score (nSPS) is 10.4. The molecule has 0 bridgehead atoms. The number of methoxy groups -OCH3 is 1. The second kappa shape index (κ2) is 7.79. The molecule has 3 rings (SSSR count). The molecule has 0 fully saturated rings. The molecule has 3 heteroatoms. The summed E-state index contributed by atoms with van der Waals surface area (Å²) in [6.07, 6.45) is 0.866. The highest BCUT2D eigenvalue weighted by atomic mass is 16.5. The number of pyridine rings is 1. The van der Waals surface area contributed by atoms with Crippen molar-refractivity contribution in [1.82, 2.24) is 4.98 Å². The van der Waals surface area contributed by atoms with Gasteiger partial charge in [-0.1, -0.05) is 56.0 Å². The number of benzene rings is 2. The Morgan fingerprint density at radius 2 is 1.73 bits per heavy atom. The van der Waals surface area contributed by atoms with E-state index in [9.17, 15) is 4.79 Å². The van der Waals surface area contributed by atoms with Crippen LogP contribution < -0.4 is 4.74 Å². The van der Waals surface area contributed by atoms with Crippen molar-refractivity contribution in [2.45, 2.75) is 13.3 Å². The molecule has 0 aliphatic rings. The molecule has 0 aliphatic carbocycles. The number of hydrogen-bond donors (Lipinski definition) is 0. The molecule has 0 unspecified atom stereocenters. The molecule has 2 aromatic carbocycles. The molecule has 0 N–H and O–H groups in total. The minimum atomic E-state index is -0.0310. The predicted molar refractivity (Wildman–Crippen MR) is 105 cm³/mol. The van der Waals surface area contributed by atoms with E-state index in [1.807, 2.05) is 54.6 Å². The molecule has 0 aliphatic heterocycles. The van der Waals surface area contributed by atoms with Gasteiger partial charge in [-0.15, -0.1) is 0 Å². The molecular formula is C23H21NO2. The van der Waals surface area contributed by atoms with Gasteiger partial charge in [0.15, 0.2) is 5.78 Å². The summed E-state index contributed by atoms with van der Waals surface area (Å²) in [5, 5.41) is 0. The molecule has 0 saturated carbocycles. The molecule has 0 spiro atoms. The van der Waals surface area contributed by atoms with Crippen molar-refractivity contribution < 1.29 is 9.53 Å². The number of ether oxygens (including phenoxy) is 1. The number of nitrogens with zero attached hydrogens (tertiary/aromatic N) is 1. The third-order valence-corrected chi connectivity index (χ3v) is 4.31. The molecule has 1 heterocycles. The van der Waals surface area contributed by atoms with Crippen molar-refractivity contribution in [3.05, 3.63) is 90.1 Å². The zero-order chi connectivity index (χ0) is 18.5. The first-order valence-corrected chi connectivity index (χ1v) is 8.56. The number of rotatable bonds is 6. The lowest BCUT2D eigenvalue weighted by molar-refractivity contribution is 0.103. The van der Waals surface area contributed by atoms with E-state index in [1.54, 1.807) is 19.2 Å². The van der Waals surface area contributed by atoms with Crippen LogP contribution in [0.1, 0.15) is 35.0 Å². The molecule has 130 valence electrons. The van der Waals surface area contributed by atoms with Crippen molar-refractivity contribution in [2.24, 2.45) is 0 Å². The van der Waals surface area contributed by atoms with Gasteiger partial charge in [-0.25, -0.2) is 4.98 Å². The van der Waals surface area contributed by atoms with Crippen LogP contribution in [0.3, 0.4) is 0 Å². The van der Waals surface area contributed by atoms with Gasteiger partial charge in [0, 0.05) is 16.7 Å². The molecule has 3 nitrogen and oxygen atoms in total. The van der Waals surface area contributed by atoms with E-state index in [4.69, 9.17) is 4.74 Å². The van der Waals surface area contributed by atoms with Gasteiger partial charge in [-0.05, 0) is 36.3 Å². The topological polar surface area (TPSA) is 39.2 Å². The van der Waals surface area contributed by atoms with Gasteiger partial charge in [0.25, 0.3) is 0 Å². The van der Waals surface area contributed by atoms with Gasteiger partial charge in [-0.2, -0.15) is 0 Å². The van der Waals surface area contributed by atoms with Crippen molar-refractivity contribution in [3.63, 3.8) is 0 Å². The Hall–Kier alpha value is -3.20. The third-order valence-electron chi connectivity index (χ3n) is 4.31. The second-order valence-corrected chi connectivity index (χ2v) is 6.00. The Balaban J connectivity index is 1.86. The highest BCUT2D eigenvalue weighted by Gasteiger charge is 2.11. The Bertz CT molecular complexity index is 942. The SMILES string of the molecule is C=C(CC)c1cccc(-c2ccc(C(=O)c3cccc(OC)c3)cc2)n1. The lowest BCUT2D eigenvalue weighted by atomic mass is 10.0. The van der Waals surface area contributed by atoms with Crippen LogP contribution in [0, 0.1) is 0 Å². The Kier molecular flexibility index (Phi) is 5.28. The van der Waals surface area contributed by atoms with Crippen molar-refractivity contribution in [3.8, 4) is 17.0 Å². The predicted octanol–water partition coefficient (Wildman–Crippen LogP) is 5.41. The number of carbonyl (C=O) groups is 1. The van der Waals surface area contributed by atoms with Crippen LogP contribution in [-0.4, -0.2) is 17.9 Å². The minimum Gasteiger partial charge on any atom is -0.497 e. The first-order valence-electron chi connectivity index (χ1n) is 8.56. The fraction of sp³-hybridized carbons (Fsp3) is 0.130. The van der Waals surface area contributed by atoms with Crippen LogP contribution in [0.2, 0.25) is 0 Å². The number of aromatic nitrogens is 1. The monoisotopic (exact) mass is 343 g/mol. The van der Waals surface area contributed by atoms with Crippen molar-refractivity contribution in [1.29, 1.82) is 0 Å². The van der Waals surface area contributed by atoms with E-state index >= 15 is 0 Å². The maximum absolute atomic E-state index is 12.7. The Morgan fingerprint density at radius 1 is 1.00 bits per heavy atom. The zero-order valence-electron chi connectivity index (χ0n) is 15.0. The van der Waals surface area contributed by atoms with Gasteiger partial charge >= 0.3 is 0 Å².